The quantitative estimate of drug-likeness (QED) is 0.0607. The van der Waals surface area contributed by atoms with Crippen molar-refractivity contribution in [3.63, 3.8) is 0 Å². The van der Waals surface area contributed by atoms with Gasteiger partial charge in [0.1, 0.15) is 23.3 Å². The Morgan fingerprint density at radius 2 is 0.726 bits per heavy atom. The summed E-state index contributed by atoms with van der Waals surface area (Å²) in [6.07, 6.45) is 17.2. The molecular formula is C88H102N10O8. The van der Waals surface area contributed by atoms with Crippen molar-refractivity contribution in [1.82, 2.24) is 9.80 Å². The molecule has 4 amide bonds. The van der Waals surface area contributed by atoms with E-state index in [4.69, 9.17) is 49.0 Å². The highest BCUT2D eigenvalue weighted by Crippen LogP contribution is 2.60. The molecule has 3 unspecified atom stereocenters. The van der Waals surface area contributed by atoms with Crippen LogP contribution in [0.5, 0.6) is 0 Å². The van der Waals surface area contributed by atoms with E-state index in [1.807, 2.05) is 75.4 Å². The van der Waals surface area contributed by atoms with Crippen LogP contribution in [0.15, 0.2) is 146 Å². The number of carboxylic acids is 1. The van der Waals surface area contributed by atoms with Gasteiger partial charge in [-0.05, 0) is 317 Å². The lowest BCUT2D eigenvalue weighted by Gasteiger charge is -2.28. The summed E-state index contributed by atoms with van der Waals surface area (Å²) in [4.78, 5) is 66.0. The lowest BCUT2D eigenvalue weighted by atomic mass is 9.87. The summed E-state index contributed by atoms with van der Waals surface area (Å²) in [7, 11) is 0. The number of likely N-dealkylation sites (tertiary alicyclic amines) is 2. The van der Waals surface area contributed by atoms with Gasteiger partial charge in [0.25, 0.3) is 0 Å². The standard InChI is InChI=1S/C48H55N5O4.C28H28N4.C12H19NO4/c1-46(2,3)57-45(56)53-28-48(20-21-48)27-42(53)44(55)52-41-15-13-34(25-39(41)50)37-23-30-5-9-31-8-4-29(6-10-32(37)11-7-30)22-36(31)33-12-14-40(38(49)24-33)51-43(54)35-16-17-47(26-35)18-19-47;29-25-11-9-21(15-27(25)31)23-13-17-1-5-19(23)8-4-18-2-6-20(7-3-17)24(14-18)22-10-12-26(30)28(32)16-22;1-11(2,3)17-10(16)13-7-12(4-5-12)6-8(13)9(14)15/h4,7-8,11-15,22-25,35,42H,5-6,9-10,16-21,26-28,49-50H2,1-3H3,(H,51,54)(H,52,55);1-2,5-6,9-16H,3-4,7-8,29-32H2;8H,4-7H2,1-3H3,(H,14,15). The predicted molar refractivity (Wildman–Crippen MR) is 424 cm³/mol. The molecular weight excluding hydrogens is 1330 g/mol. The molecule has 3 spiro atoms. The van der Waals surface area contributed by atoms with Gasteiger partial charge in [0.2, 0.25) is 11.8 Å². The molecule has 8 aromatic carbocycles. The lowest BCUT2D eigenvalue weighted by Crippen LogP contribution is -2.45. The number of anilines is 8. The van der Waals surface area contributed by atoms with Gasteiger partial charge < -0.3 is 59.6 Å². The van der Waals surface area contributed by atoms with E-state index in [1.54, 1.807) is 25.7 Å². The van der Waals surface area contributed by atoms with Gasteiger partial charge >= 0.3 is 18.2 Å². The van der Waals surface area contributed by atoms with Crippen LogP contribution < -0.4 is 45.0 Å². The van der Waals surface area contributed by atoms with Gasteiger partial charge in [-0.15, -0.1) is 0 Å². The van der Waals surface area contributed by atoms with E-state index in [0.29, 0.717) is 76.8 Å². The van der Waals surface area contributed by atoms with Crippen molar-refractivity contribution in [3.05, 3.63) is 190 Å². The van der Waals surface area contributed by atoms with Gasteiger partial charge in [-0.2, -0.15) is 0 Å². The summed E-state index contributed by atoms with van der Waals surface area (Å²) in [5.41, 5.74) is 60.9. The fourth-order valence-electron chi connectivity index (χ4n) is 16.5. The van der Waals surface area contributed by atoms with Gasteiger partial charge in [-0.3, -0.25) is 19.4 Å². The van der Waals surface area contributed by atoms with Gasteiger partial charge in [0.05, 0.1) is 45.5 Å². The second-order valence-electron chi connectivity index (χ2n) is 33.7. The largest absolute Gasteiger partial charge is 0.480 e. The number of hydrogen-bond donors (Lipinski definition) is 9. The average Bonchev–Trinajstić information content (AvgIpc) is 1.58. The number of aryl methyl sites for hydroxylation is 8. The number of benzene rings is 8. The van der Waals surface area contributed by atoms with Crippen LogP contribution in [0.25, 0.3) is 44.5 Å². The maximum atomic E-state index is 13.7. The first kappa shape index (κ1) is 72.5. The number of ether oxygens (including phenoxy) is 2. The minimum atomic E-state index is -0.931. The van der Waals surface area contributed by atoms with Gasteiger partial charge in [0, 0.05) is 19.0 Å². The van der Waals surface area contributed by atoms with Crippen LogP contribution in [0, 0.1) is 22.2 Å². The third-order valence-corrected chi connectivity index (χ3v) is 23.3. The Kier molecular flexibility index (Phi) is 19.4. The molecule has 2 aliphatic heterocycles. The molecule has 12 aliphatic carbocycles. The van der Waals surface area contributed by atoms with Crippen LogP contribution >= 0.6 is 0 Å². The van der Waals surface area contributed by atoms with Crippen LogP contribution in [0.3, 0.4) is 0 Å². The molecule has 2 saturated heterocycles. The molecule has 14 aliphatic rings. The molecule has 0 aromatic heterocycles. The monoisotopic (exact) mass is 1430 g/mol. The number of nitrogens with one attached hydrogen (secondary N) is 2. The molecule has 552 valence electrons. The van der Waals surface area contributed by atoms with Gasteiger partial charge in [-0.25, -0.2) is 14.4 Å². The maximum Gasteiger partial charge on any atom is 0.411 e. The van der Waals surface area contributed by atoms with Crippen molar-refractivity contribution < 1.29 is 38.6 Å². The van der Waals surface area contributed by atoms with Crippen LogP contribution in [0.1, 0.15) is 157 Å². The summed E-state index contributed by atoms with van der Waals surface area (Å²) in [5, 5.41) is 15.3. The van der Waals surface area contributed by atoms with Crippen LogP contribution in [0.2, 0.25) is 0 Å². The second kappa shape index (κ2) is 28.4. The van der Waals surface area contributed by atoms with E-state index in [9.17, 15) is 24.0 Å². The average molecular weight is 1430 g/mol. The number of amides is 4. The lowest BCUT2D eigenvalue weighted by molar-refractivity contribution is -0.142. The van der Waals surface area contributed by atoms with Crippen molar-refractivity contribution >= 4 is 75.5 Å². The van der Waals surface area contributed by atoms with E-state index in [-0.39, 0.29) is 28.6 Å². The molecule has 8 aromatic rings. The Bertz CT molecular complexity index is 4680. The molecule has 6 fully saturated rings. The third-order valence-electron chi connectivity index (χ3n) is 23.3. The topological polar surface area (TPSA) is 311 Å². The summed E-state index contributed by atoms with van der Waals surface area (Å²) in [5.74, 6) is -0.977. The second-order valence-corrected chi connectivity index (χ2v) is 33.7. The van der Waals surface area contributed by atoms with E-state index in [2.05, 4.69) is 102 Å². The molecule has 0 radical (unpaired) electrons. The number of nitrogens with two attached hydrogens (primary N) is 6. The summed E-state index contributed by atoms with van der Waals surface area (Å²) in [6, 6.07) is 49.8. The van der Waals surface area contributed by atoms with Gasteiger partial charge in [-0.1, -0.05) is 97.1 Å². The molecule has 18 nitrogen and oxygen atoms in total. The normalized spacial score (nSPS) is 19.5. The van der Waals surface area contributed by atoms with Crippen LogP contribution in [0.4, 0.5) is 55.1 Å². The molecule has 4 saturated carbocycles. The van der Waals surface area contributed by atoms with E-state index < -0.39 is 41.4 Å². The van der Waals surface area contributed by atoms with Crippen LogP contribution in [-0.4, -0.2) is 81.3 Å². The fraction of sp³-hybridized carbons (Fsp3) is 0.398. The van der Waals surface area contributed by atoms with E-state index in [1.165, 1.54) is 85.4 Å². The number of hydrogen-bond acceptors (Lipinski definition) is 13. The molecule has 18 heteroatoms. The van der Waals surface area contributed by atoms with Gasteiger partial charge in [0.15, 0.2) is 0 Å². The van der Waals surface area contributed by atoms with Crippen molar-refractivity contribution in [2.24, 2.45) is 22.2 Å². The molecule has 8 bridgehead atoms. The zero-order chi connectivity index (χ0) is 74.8. The first-order valence-corrected chi connectivity index (χ1v) is 37.9. The van der Waals surface area contributed by atoms with Crippen molar-refractivity contribution in [1.29, 1.82) is 0 Å². The highest BCUT2D eigenvalue weighted by Gasteiger charge is 2.57. The zero-order valence-corrected chi connectivity index (χ0v) is 62.1. The first-order chi connectivity index (χ1) is 50.4. The number of nitrogens with zero attached hydrogens (tertiary/aromatic N) is 2. The van der Waals surface area contributed by atoms with Crippen molar-refractivity contribution in [2.75, 3.05) is 58.1 Å². The van der Waals surface area contributed by atoms with Crippen LogP contribution in [-0.2, 0) is 75.2 Å². The third kappa shape index (κ3) is 16.3. The smallest absolute Gasteiger partial charge is 0.411 e. The number of carboxylic acid groups (broad SMARTS) is 1. The Hall–Kier alpha value is -10.5. The summed E-state index contributed by atoms with van der Waals surface area (Å²) in [6.45, 7) is 11.9. The molecule has 2 heterocycles. The minimum absolute atomic E-state index is 0.0210. The minimum Gasteiger partial charge on any atom is -0.480 e. The van der Waals surface area contributed by atoms with Crippen molar-refractivity contribution in [2.45, 2.75) is 187 Å². The van der Waals surface area contributed by atoms with E-state index in [0.717, 1.165) is 118 Å². The first-order valence-electron chi connectivity index (χ1n) is 37.9. The maximum absolute atomic E-state index is 13.7. The summed E-state index contributed by atoms with van der Waals surface area (Å²) >= 11 is 0. The number of carbonyl (C=O) groups is 5. The number of aliphatic carboxylic acids is 1. The van der Waals surface area contributed by atoms with E-state index >= 15 is 0 Å². The Morgan fingerprint density at radius 3 is 1.06 bits per heavy atom. The number of nitrogen functional groups attached to an aromatic ring is 6. The fourth-order valence-corrected chi connectivity index (χ4v) is 16.5. The summed E-state index contributed by atoms with van der Waals surface area (Å²) < 4.78 is 10.9. The predicted octanol–water partition coefficient (Wildman–Crippen LogP) is 16.4. The molecule has 106 heavy (non-hydrogen) atoms. The molecule has 22 rings (SSSR count). The molecule has 3 atom stereocenters. The van der Waals surface area contributed by atoms with Crippen molar-refractivity contribution in [3.8, 4) is 44.5 Å². The highest BCUT2D eigenvalue weighted by molar-refractivity contribution is 6.00. The molecule has 15 N–H and O–H groups in total. The highest BCUT2D eigenvalue weighted by atomic mass is 16.6. The Labute approximate surface area is 622 Å². The Balaban J connectivity index is 0.000000160. The Morgan fingerprint density at radius 1 is 0.387 bits per heavy atom. The number of rotatable bonds is 9. The zero-order valence-electron chi connectivity index (χ0n) is 62.1. The SMILES string of the molecule is CC(C)(C)OC(=O)N1CC2(CC2)CC1C(=O)Nc1ccc(-c2cc3ccc2CCc2ccc(c(-c4ccc(NC(=O)C5CCC6(CC6)C5)c(N)c4)c2)CC3)cc1N.CC(C)(C)OC(=O)N1CC2(CC2)CC1C(=O)O.Nc1ccc(-c2cc3ccc2CCc2ccc(c(-c4ccc(N)c(N)c4)c2)CC3)cc1N. The number of carbonyl (C=O) groups excluding carboxylic acids is 4.